The molecule has 1 amide bonds. The fraction of sp³-hybridized carbons (Fsp3) is 0.600. The first-order valence-corrected chi connectivity index (χ1v) is 7.29. The molecule has 0 aliphatic carbocycles. The highest BCUT2D eigenvalue weighted by Crippen LogP contribution is 2.17. The minimum atomic E-state index is -0.401. The Balaban J connectivity index is 1.95. The fourth-order valence-electron chi connectivity index (χ4n) is 2.29. The summed E-state index contributed by atoms with van der Waals surface area (Å²) < 4.78 is 15.6. The van der Waals surface area contributed by atoms with E-state index in [0.717, 1.165) is 12.8 Å². The molecule has 1 fully saturated rings. The van der Waals surface area contributed by atoms with E-state index in [9.17, 15) is 9.59 Å². The lowest BCUT2D eigenvalue weighted by molar-refractivity contribution is -0.146. The van der Waals surface area contributed by atoms with Gasteiger partial charge in [0.2, 0.25) is 0 Å². The Morgan fingerprint density at radius 2 is 2.33 bits per heavy atom. The number of esters is 1. The Morgan fingerprint density at radius 3 is 2.95 bits per heavy atom. The summed E-state index contributed by atoms with van der Waals surface area (Å²) in [6.45, 7) is 3.36. The second kappa shape index (κ2) is 7.83. The molecule has 0 saturated carbocycles. The molecule has 0 bridgehead atoms. The maximum Gasteiger partial charge on any atom is 0.307 e. The SMILES string of the molecule is CCOC(=O)CCN(Cc1ccco1)C(=O)C1CCCO1. The monoisotopic (exact) mass is 295 g/mol. The first-order chi connectivity index (χ1) is 10.2. The van der Waals surface area contributed by atoms with Gasteiger partial charge in [0.05, 0.1) is 25.8 Å². The number of rotatable bonds is 7. The van der Waals surface area contributed by atoms with E-state index in [0.29, 0.717) is 32.1 Å². The van der Waals surface area contributed by atoms with Gasteiger partial charge in [-0.05, 0) is 31.9 Å². The number of furan rings is 1. The van der Waals surface area contributed by atoms with Crippen LogP contribution in [0.3, 0.4) is 0 Å². The molecule has 0 N–H and O–H groups in total. The number of nitrogens with zero attached hydrogens (tertiary/aromatic N) is 1. The molecular weight excluding hydrogens is 274 g/mol. The zero-order valence-electron chi connectivity index (χ0n) is 12.2. The summed E-state index contributed by atoms with van der Waals surface area (Å²) in [5.74, 6) is 0.292. The van der Waals surface area contributed by atoms with Crippen LogP contribution in [-0.2, 0) is 25.6 Å². The summed E-state index contributed by atoms with van der Waals surface area (Å²) in [5, 5.41) is 0. The molecule has 2 rings (SSSR count). The zero-order valence-corrected chi connectivity index (χ0v) is 12.2. The van der Waals surface area contributed by atoms with Crippen LogP contribution in [0.1, 0.15) is 31.9 Å². The average Bonchev–Trinajstić information content (AvgIpc) is 3.16. The normalized spacial score (nSPS) is 17.7. The molecule has 6 nitrogen and oxygen atoms in total. The Hall–Kier alpha value is -1.82. The van der Waals surface area contributed by atoms with Crippen LogP contribution in [0, 0.1) is 0 Å². The van der Waals surface area contributed by atoms with E-state index in [2.05, 4.69) is 0 Å². The standard InChI is InChI=1S/C15H21NO5/c1-2-19-14(17)7-8-16(11-12-5-3-9-20-12)15(18)13-6-4-10-21-13/h3,5,9,13H,2,4,6-8,10-11H2,1H3. The van der Waals surface area contributed by atoms with Crippen molar-refractivity contribution < 1.29 is 23.5 Å². The molecule has 1 unspecified atom stereocenters. The predicted octanol–water partition coefficient (Wildman–Crippen LogP) is 1.74. The molecule has 0 spiro atoms. The first-order valence-electron chi connectivity index (χ1n) is 7.29. The van der Waals surface area contributed by atoms with Gasteiger partial charge in [0.1, 0.15) is 11.9 Å². The highest BCUT2D eigenvalue weighted by molar-refractivity contribution is 5.81. The molecule has 1 aromatic heterocycles. The molecule has 1 aliphatic heterocycles. The van der Waals surface area contributed by atoms with Gasteiger partial charge >= 0.3 is 5.97 Å². The number of hydrogen-bond acceptors (Lipinski definition) is 5. The van der Waals surface area contributed by atoms with Crippen molar-refractivity contribution in [2.45, 2.75) is 38.8 Å². The second-order valence-electron chi connectivity index (χ2n) is 4.90. The van der Waals surface area contributed by atoms with Crippen LogP contribution < -0.4 is 0 Å². The Kier molecular flexibility index (Phi) is 5.80. The number of hydrogen-bond donors (Lipinski definition) is 0. The van der Waals surface area contributed by atoms with Crippen molar-refractivity contribution in [3.05, 3.63) is 24.2 Å². The van der Waals surface area contributed by atoms with Crippen LogP contribution in [-0.4, -0.2) is 42.6 Å². The van der Waals surface area contributed by atoms with Crippen molar-refractivity contribution in [3.8, 4) is 0 Å². The minimum absolute atomic E-state index is 0.0896. The third-order valence-corrected chi connectivity index (χ3v) is 3.33. The van der Waals surface area contributed by atoms with Crippen molar-refractivity contribution in [1.82, 2.24) is 4.90 Å². The smallest absolute Gasteiger partial charge is 0.307 e. The molecule has 1 aromatic rings. The Morgan fingerprint density at radius 1 is 1.48 bits per heavy atom. The van der Waals surface area contributed by atoms with Crippen molar-refractivity contribution in [1.29, 1.82) is 0 Å². The molecule has 116 valence electrons. The quantitative estimate of drug-likeness (QED) is 0.717. The van der Waals surface area contributed by atoms with Crippen LogP contribution in [0.4, 0.5) is 0 Å². The van der Waals surface area contributed by atoms with Crippen LogP contribution in [0.5, 0.6) is 0 Å². The van der Waals surface area contributed by atoms with Gasteiger partial charge in [0.15, 0.2) is 0 Å². The summed E-state index contributed by atoms with van der Waals surface area (Å²) in [6.07, 6.45) is 2.96. The average molecular weight is 295 g/mol. The van der Waals surface area contributed by atoms with E-state index >= 15 is 0 Å². The summed E-state index contributed by atoms with van der Waals surface area (Å²) >= 11 is 0. The lowest BCUT2D eigenvalue weighted by Crippen LogP contribution is -2.39. The number of amides is 1. The lowest BCUT2D eigenvalue weighted by Gasteiger charge is -2.24. The molecule has 1 saturated heterocycles. The first kappa shape index (κ1) is 15.6. The molecule has 0 aromatic carbocycles. The number of carbonyl (C=O) groups excluding carboxylic acids is 2. The third-order valence-electron chi connectivity index (χ3n) is 3.33. The molecule has 2 heterocycles. The minimum Gasteiger partial charge on any atom is -0.467 e. The van der Waals surface area contributed by atoms with Gasteiger partial charge < -0.3 is 18.8 Å². The predicted molar refractivity (Wildman–Crippen MR) is 74.3 cm³/mol. The lowest BCUT2D eigenvalue weighted by atomic mass is 10.2. The Labute approximate surface area is 124 Å². The molecule has 0 radical (unpaired) electrons. The molecule has 1 aliphatic rings. The van der Waals surface area contributed by atoms with Gasteiger partial charge in [-0.3, -0.25) is 9.59 Å². The summed E-state index contributed by atoms with van der Waals surface area (Å²) in [4.78, 5) is 25.5. The molecule has 6 heteroatoms. The van der Waals surface area contributed by atoms with Crippen LogP contribution in [0.2, 0.25) is 0 Å². The summed E-state index contributed by atoms with van der Waals surface area (Å²) in [6, 6.07) is 3.58. The maximum atomic E-state index is 12.4. The Bertz CT molecular complexity index is 451. The van der Waals surface area contributed by atoms with Crippen molar-refractivity contribution >= 4 is 11.9 Å². The van der Waals surface area contributed by atoms with Crippen LogP contribution >= 0.6 is 0 Å². The summed E-state index contributed by atoms with van der Waals surface area (Å²) in [5.41, 5.74) is 0. The molecular formula is C15H21NO5. The number of ether oxygens (including phenoxy) is 2. The van der Waals surface area contributed by atoms with E-state index in [1.165, 1.54) is 0 Å². The van der Waals surface area contributed by atoms with Crippen LogP contribution in [0.25, 0.3) is 0 Å². The van der Waals surface area contributed by atoms with E-state index < -0.39 is 6.10 Å². The van der Waals surface area contributed by atoms with Crippen LogP contribution in [0.15, 0.2) is 22.8 Å². The largest absolute Gasteiger partial charge is 0.467 e. The molecule has 21 heavy (non-hydrogen) atoms. The molecule has 1 atom stereocenters. The van der Waals surface area contributed by atoms with Gasteiger partial charge in [-0.25, -0.2) is 0 Å². The van der Waals surface area contributed by atoms with Gasteiger partial charge in [0.25, 0.3) is 5.91 Å². The zero-order chi connectivity index (χ0) is 15.1. The highest BCUT2D eigenvalue weighted by Gasteiger charge is 2.29. The highest BCUT2D eigenvalue weighted by atomic mass is 16.5. The van der Waals surface area contributed by atoms with Crippen molar-refractivity contribution in [2.24, 2.45) is 0 Å². The topological polar surface area (TPSA) is 69.0 Å². The van der Waals surface area contributed by atoms with Gasteiger partial charge in [-0.2, -0.15) is 0 Å². The van der Waals surface area contributed by atoms with Gasteiger partial charge in [-0.1, -0.05) is 0 Å². The van der Waals surface area contributed by atoms with Gasteiger partial charge in [0, 0.05) is 13.2 Å². The van der Waals surface area contributed by atoms with Crippen molar-refractivity contribution in [3.63, 3.8) is 0 Å². The van der Waals surface area contributed by atoms with Gasteiger partial charge in [-0.15, -0.1) is 0 Å². The number of carbonyl (C=O) groups is 2. The van der Waals surface area contributed by atoms with E-state index in [1.807, 2.05) is 0 Å². The van der Waals surface area contributed by atoms with Crippen molar-refractivity contribution in [2.75, 3.05) is 19.8 Å². The summed E-state index contributed by atoms with van der Waals surface area (Å²) in [7, 11) is 0. The second-order valence-corrected chi connectivity index (χ2v) is 4.90. The third kappa shape index (κ3) is 4.60. The van der Waals surface area contributed by atoms with E-state index in [1.54, 1.807) is 30.2 Å². The van der Waals surface area contributed by atoms with E-state index in [4.69, 9.17) is 13.9 Å². The fourth-order valence-corrected chi connectivity index (χ4v) is 2.29. The van der Waals surface area contributed by atoms with E-state index in [-0.39, 0.29) is 18.3 Å². The maximum absolute atomic E-state index is 12.4.